The van der Waals surface area contributed by atoms with Crippen LogP contribution < -0.4 is 4.74 Å². The van der Waals surface area contributed by atoms with Crippen molar-refractivity contribution >= 4 is 16.9 Å². The van der Waals surface area contributed by atoms with Crippen LogP contribution in [0.1, 0.15) is 16.8 Å². The lowest BCUT2D eigenvalue weighted by Crippen LogP contribution is -2.11. The average Bonchev–Trinajstić information content (AvgIpc) is 2.86. The van der Waals surface area contributed by atoms with Crippen molar-refractivity contribution in [1.82, 2.24) is 5.16 Å². The second kappa shape index (κ2) is 5.40. The molecule has 0 bridgehead atoms. The normalized spacial score (nSPS) is 10.8. The maximum absolute atomic E-state index is 12.0. The monoisotopic (exact) mass is 281 g/mol. The zero-order valence-electron chi connectivity index (χ0n) is 11.9. The number of ether oxygens (including phenoxy) is 1. The van der Waals surface area contributed by atoms with Crippen molar-refractivity contribution in [2.45, 2.75) is 20.3 Å². The van der Waals surface area contributed by atoms with Gasteiger partial charge in [-0.2, -0.15) is 0 Å². The Kier molecular flexibility index (Phi) is 3.44. The van der Waals surface area contributed by atoms with Crippen molar-refractivity contribution in [1.29, 1.82) is 0 Å². The van der Waals surface area contributed by atoms with Crippen molar-refractivity contribution in [2.75, 3.05) is 0 Å². The number of aryl methyl sites for hydroxylation is 2. The van der Waals surface area contributed by atoms with Gasteiger partial charge in [-0.05, 0) is 49.2 Å². The number of carbonyl (C=O) groups excluding carboxylic acids is 1. The number of fused-ring (bicyclic) bond motifs is 1. The summed E-state index contributed by atoms with van der Waals surface area (Å²) in [6.07, 6.45) is 0.0872. The number of esters is 1. The molecule has 4 nitrogen and oxygen atoms in total. The van der Waals surface area contributed by atoms with Gasteiger partial charge < -0.3 is 9.26 Å². The average molecular weight is 281 g/mol. The van der Waals surface area contributed by atoms with Crippen molar-refractivity contribution in [3.8, 4) is 5.75 Å². The summed E-state index contributed by atoms with van der Waals surface area (Å²) in [6, 6.07) is 13.0. The van der Waals surface area contributed by atoms with Crippen LogP contribution in [0.5, 0.6) is 5.75 Å². The van der Waals surface area contributed by atoms with Crippen molar-refractivity contribution in [2.24, 2.45) is 0 Å². The van der Waals surface area contributed by atoms with Gasteiger partial charge in [0.25, 0.3) is 0 Å². The van der Waals surface area contributed by atoms with Gasteiger partial charge in [-0.15, -0.1) is 0 Å². The molecule has 0 atom stereocenters. The van der Waals surface area contributed by atoms with Gasteiger partial charge in [0.1, 0.15) is 11.4 Å². The first-order chi connectivity index (χ1) is 10.1. The van der Waals surface area contributed by atoms with E-state index in [1.165, 1.54) is 0 Å². The minimum Gasteiger partial charge on any atom is -0.426 e. The van der Waals surface area contributed by atoms with E-state index in [9.17, 15) is 4.79 Å². The van der Waals surface area contributed by atoms with E-state index >= 15 is 0 Å². The zero-order chi connectivity index (χ0) is 14.8. The Morgan fingerprint density at radius 1 is 1.14 bits per heavy atom. The number of benzene rings is 2. The second-order valence-corrected chi connectivity index (χ2v) is 5.02. The van der Waals surface area contributed by atoms with Gasteiger partial charge in [0, 0.05) is 5.39 Å². The highest BCUT2D eigenvalue weighted by molar-refractivity contribution is 5.84. The number of carbonyl (C=O) groups is 1. The van der Waals surface area contributed by atoms with Crippen molar-refractivity contribution in [3.05, 3.63) is 59.3 Å². The summed E-state index contributed by atoms with van der Waals surface area (Å²) in [5.41, 5.74) is 3.52. The van der Waals surface area contributed by atoms with E-state index in [4.69, 9.17) is 9.26 Å². The van der Waals surface area contributed by atoms with Crippen LogP contribution in [-0.4, -0.2) is 11.1 Å². The number of aromatic nitrogens is 1. The first kappa shape index (κ1) is 13.4. The Balaban J connectivity index is 1.75. The summed E-state index contributed by atoms with van der Waals surface area (Å²) < 4.78 is 10.5. The molecule has 0 spiro atoms. The van der Waals surface area contributed by atoms with E-state index in [-0.39, 0.29) is 12.4 Å². The Labute approximate surface area is 122 Å². The lowest BCUT2D eigenvalue weighted by atomic mass is 10.1. The SMILES string of the molecule is Cc1ccc(OC(=O)Cc2noc3ccccc23)cc1C. The molecule has 106 valence electrons. The Morgan fingerprint density at radius 3 is 2.76 bits per heavy atom. The second-order valence-electron chi connectivity index (χ2n) is 5.02. The summed E-state index contributed by atoms with van der Waals surface area (Å²) >= 11 is 0. The molecule has 0 unspecified atom stereocenters. The van der Waals surface area contributed by atoms with Crippen LogP contribution in [-0.2, 0) is 11.2 Å². The van der Waals surface area contributed by atoms with Crippen LogP contribution in [0.4, 0.5) is 0 Å². The van der Waals surface area contributed by atoms with Crippen LogP contribution in [0.2, 0.25) is 0 Å². The van der Waals surface area contributed by atoms with Gasteiger partial charge >= 0.3 is 5.97 Å². The van der Waals surface area contributed by atoms with Gasteiger partial charge in [-0.1, -0.05) is 23.4 Å². The molecule has 3 rings (SSSR count). The van der Waals surface area contributed by atoms with Crippen LogP contribution in [0, 0.1) is 13.8 Å². The Hall–Kier alpha value is -2.62. The molecule has 21 heavy (non-hydrogen) atoms. The molecular weight excluding hydrogens is 266 g/mol. The number of rotatable bonds is 3. The van der Waals surface area contributed by atoms with Gasteiger partial charge in [0.15, 0.2) is 5.58 Å². The van der Waals surface area contributed by atoms with Crippen molar-refractivity contribution < 1.29 is 14.1 Å². The standard InChI is InChI=1S/C17H15NO3/c1-11-7-8-13(9-12(11)2)20-17(19)10-15-14-5-3-4-6-16(14)21-18-15/h3-9H,10H2,1-2H3. The molecule has 3 aromatic rings. The molecule has 0 N–H and O–H groups in total. The maximum atomic E-state index is 12.0. The molecule has 0 aliphatic heterocycles. The van der Waals surface area contributed by atoms with E-state index in [2.05, 4.69) is 5.16 Å². The lowest BCUT2D eigenvalue weighted by Gasteiger charge is -2.05. The van der Waals surface area contributed by atoms with E-state index in [0.717, 1.165) is 16.5 Å². The fraction of sp³-hybridized carbons (Fsp3) is 0.176. The van der Waals surface area contributed by atoms with Gasteiger partial charge in [-0.3, -0.25) is 4.79 Å². The molecule has 0 aliphatic carbocycles. The Morgan fingerprint density at radius 2 is 1.95 bits per heavy atom. The molecule has 0 amide bonds. The molecule has 2 aromatic carbocycles. The smallest absolute Gasteiger partial charge is 0.317 e. The van der Waals surface area contributed by atoms with E-state index in [1.54, 1.807) is 6.07 Å². The van der Waals surface area contributed by atoms with Gasteiger partial charge in [0.2, 0.25) is 0 Å². The number of hydrogen-bond donors (Lipinski definition) is 0. The van der Waals surface area contributed by atoms with E-state index in [1.807, 2.05) is 50.2 Å². The van der Waals surface area contributed by atoms with E-state index in [0.29, 0.717) is 17.0 Å². The number of hydrogen-bond acceptors (Lipinski definition) is 4. The van der Waals surface area contributed by atoms with Gasteiger partial charge in [-0.25, -0.2) is 0 Å². The first-order valence-corrected chi connectivity index (χ1v) is 6.75. The summed E-state index contributed by atoms with van der Waals surface area (Å²) in [5.74, 6) is 0.202. The third-order valence-electron chi connectivity index (χ3n) is 3.47. The molecule has 0 radical (unpaired) electrons. The molecule has 0 saturated heterocycles. The quantitative estimate of drug-likeness (QED) is 0.544. The van der Waals surface area contributed by atoms with Crippen LogP contribution in [0.3, 0.4) is 0 Å². The highest BCUT2D eigenvalue weighted by atomic mass is 16.5. The molecule has 0 fully saturated rings. The summed E-state index contributed by atoms with van der Waals surface area (Å²) in [5, 5.41) is 4.77. The topological polar surface area (TPSA) is 52.3 Å². The van der Waals surface area contributed by atoms with Crippen LogP contribution in [0.25, 0.3) is 11.0 Å². The highest BCUT2D eigenvalue weighted by Crippen LogP contribution is 2.20. The largest absolute Gasteiger partial charge is 0.426 e. The highest BCUT2D eigenvalue weighted by Gasteiger charge is 2.13. The fourth-order valence-corrected chi connectivity index (χ4v) is 2.15. The lowest BCUT2D eigenvalue weighted by molar-refractivity contribution is -0.133. The molecule has 1 heterocycles. The van der Waals surface area contributed by atoms with Crippen LogP contribution in [0.15, 0.2) is 47.0 Å². The Bertz CT molecular complexity index is 805. The molecule has 0 saturated carbocycles. The molecule has 0 aliphatic rings. The first-order valence-electron chi connectivity index (χ1n) is 6.75. The summed E-state index contributed by atoms with van der Waals surface area (Å²) in [7, 11) is 0. The minimum atomic E-state index is -0.350. The molecular formula is C17H15NO3. The minimum absolute atomic E-state index is 0.0872. The third kappa shape index (κ3) is 2.79. The predicted octanol–water partition coefficient (Wildman–Crippen LogP) is 3.59. The molecule has 4 heteroatoms. The number of nitrogens with zero attached hydrogens (tertiary/aromatic N) is 1. The number of para-hydroxylation sites is 1. The van der Waals surface area contributed by atoms with Crippen molar-refractivity contribution in [3.63, 3.8) is 0 Å². The van der Waals surface area contributed by atoms with E-state index < -0.39 is 0 Å². The molecule has 1 aromatic heterocycles. The third-order valence-corrected chi connectivity index (χ3v) is 3.47. The summed E-state index contributed by atoms with van der Waals surface area (Å²) in [4.78, 5) is 12.0. The maximum Gasteiger partial charge on any atom is 0.317 e. The summed E-state index contributed by atoms with van der Waals surface area (Å²) in [6.45, 7) is 4.00. The van der Waals surface area contributed by atoms with Crippen LogP contribution >= 0.6 is 0 Å². The zero-order valence-corrected chi connectivity index (χ0v) is 11.9. The fourth-order valence-electron chi connectivity index (χ4n) is 2.15. The van der Waals surface area contributed by atoms with Gasteiger partial charge in [0.05, 0.1) is 6.42 Å². The predicted molar refractivity (Wildman–Crippen MR) is 79.3 cm³/mol.